The van der Waals surface area contributed by atoms with Gasteiger partial charge in [0.1, 0.15) is 0 Å². The molecule has 122 valence electrons. The maximum atomic E-state index is 12.1. The highest BCUT2D eigenvalue weighted by molar-refractivity contribution is 8.15. The van der Waals surface area contributed by atoms with Crippen molar-refractivity contribution in [3.05, 3.63) is 70.2 Å². The molecule has 1 N–H and O–H groups in total. The first-order chi connectivity index (χ1) is 11.6. The van der Waals surface area contributed by atoms with E-state index in [2.05, 4.69) is 27.7 Å². The molecule has 1 atom stereocenters. The fourth-order valence-electron chi connectivity index (χ4n) is 2.25. The summed E-state index contributed by atoms with van der Waals surface area (Å²) in [5, 5.41) is 11.8. The van der Waals surface area contributed by atoms with Gasteiger partial charge >= 0.3 is 0 Å². The Morgan fingerprint density at radius 1 is 1.21 bits per heavy atom. The fraction of sp³-hybridized carbons (Fsp3) is 0.167. The van der Waals surface area contributed by atoms with Crippen LogP contribution in [0.3, 0.4) is 0 Å². The van der Waals surface area contributed by atoms with Gasteiger partial charge in [0, 0.05) is 10.6 Å². The molecule has 0 radical (unpaired) electrons. The van der Waals surface area contributed by atoms with Crippen LogP contribution in [0.4, 0.5) is 0 Å². The topological polar surface area (TPSA) is 53.8 Å². The molecule has 1 amide bonds. The van der Waals surface area contributed by atoms with Gasteiger partial charge in [0.25, 0.3) is 0 Å². The molecular formula is C18H16ClN3OS. The third kappa shape index (κ3) is 4.24. The minimum atomic E-state index is -0.179. The van der Waals surface area contributed by atoms with Crippen LogP contribution in [0.15, 0.2) is 58.7 Å². The van der Waals surface area contributed by atoms with E-state index in [-0.39, 0.29) is 11.2 Å². The highest BCUT2D eigenvalue weighted by Crippen LogP contribution is 2.23. The van der Waals surface area contributed by atoms with E-state index in [1.807, 2.05) is 37.3 Å². The van der Waals surface area contributed by atoms with Crippen LogP contribution in [0.1, 0.15) is 16.7 Å². The smallest absolute Gasteiger partial charge is 0.239 e. The van der Waals surface area contributed by atoms with E-state index in [1.54, 1.807) is 12.3 Å². The van der Waals surface area contributed by atoms with Crippen molar-refractivity contribution in [3.63, 3.8) is 0 Å². The standard InChI is InChI=1S/C18H16ClN3OS/c1-12-6-8-13(9-7-12)10-16-17(23)21-18(24-16)22-20-11-14-4-2-3-5-15(14)19/h2-9,11,16H,10H2,1H3,(H,21,22,23)/t16-/m0/s1. The molecule has 3 rings (SSSR count). The molecule has 2 aromatic carbocycles. The molecule has 4 nitrogen and oxygen atoms in total. The average Bonchev–Trinajstić information content (AvgIpc) is 2.91. The Morgan fingerprint density at radius 2 is 1.96 bits per heavy atom. The molecule has 1 saturated heterocycles. The second kappa shape index (κ2) is 7.64. The molecule has 1 fully saturated rings. The molecule has 2 aromatic rings. The highest BCUT2D eigenvalue weighted by atomic mass is 35.5. The summed E-state index contributed by atoms with van der Waals surface area (Å²) in [5.41, 5.74) is 3.13. The molecule has 0 saturated carbocycles. The summed E-state index contributed by atoms with van der Waals surface area (Å²) >= 11 is 7.45. The molecule has 0 aliphatic carbocycles. The number of amidine groups is 1. The Bertz CT molecular complexity index is 802. The summed E-state index contributed by atoms with van der Waals surface area (Å²) < 4.78 is 0. The summed E-state index contributed by atoms with van der Waals surface area (Å²) in [5.74, 6) is -0.0349. The van der Waals surface area contributed by atoms with Crippen molar-refractivity contribution in [1.82, 2.24) is 5.32 Å². The lowest BCUT2D eigenvalue weighted by atomic mass is 10.1. The SMILES string of the molecule is Cc1ccc(C[C@@H]2S/C(=N/N=Cc3ccccc3Cl)NC2=O)cc1. The zero-order valence-corrected chi connectivity index (χ0v) is 14.6. The summed E-state index contributed by atoms with van der Waals surface area (Å²) in [6.45, 7) is 2.04. The number of hydrogen-bond acceptors (Lipinski definition) is 4. The largest absolute Gasteiger partial charge is 0.303 e. The number of benzene rings is 2. The van der Waals surface area contributed by atoms with Crippen molar-refractivity contribution in [3.8, 4) is 0 Å². The number of aryl methyl sites for hydroxylation is 1. The number of nitrogens with zero attached hydrogens (tertiary/aromatic N) is 2. The number of carbonyl (C=O) groups is 1. The minimum absolute atomic E-state index is 0.0349. The van der Waals surface area contributed by atoms with E-state index in [0.717, 1.165) is 11.1 Å². The quantitative estimate of drug-likeness (QED) is 0.668. The van der Waals surface area contributed by atoms with Crippen LogP contribution < -0.4 is 5.32 Å². The predicted molar refractivity (Wildman–Crippen MR) is 101 cm³/mol. The van der Waals surface area contributed by atoms with E-state index in [0.29, 0.717) is 16.6 Å². The Morgan fingerprint density at radius 3 is 2.71 bits per heavy atom. The predicted octanol–water partition coefficient (Wildman–Crippen LogP) is 3.81. The number of rotatable bonds is 4. The highest BCUT2D eigenvalue weighted by Gasteiger charge is 2.30. The average molecular weight is 358 g/mol. The zero-order chi connectivity index (χ0) is 16.9. The zero-order valence-electron chi connectivity index (χ0n) is 13.1. The summed E-state index contributed by atoms with van der Waals surface area (Å²) in [4.78, 5) is 12.1. The third-order valence-corrected chi connectivity index (χ3v) is 4.99. The second-order valence-corrected chi connectivity index (χ2v) is 7.06. The Kier molecular flexibility index (Phi) is 5.33. The van der Waals surface area contributed by atoms with Crippen molar-refractivity contribution in [1.29, 1.82) is 0 Å². The van der Waals surface area contributed by atoms with Crippen molar-refractivity contribution < 1.29 is 4.79 Å². The lowest BCUT2D eigenvalue weighted by Crippen LogP contribution is -2.25. The van der Waals surface area contributed by atoms with Gasteiger partial charge in [0.05, 0.1) is 11.5 Å². The maximum Gasteiger partial charge on any atom is 0.239 e. The van der Waals surface area contributed by atoms with E-state index < -0.39 is 0 Å². The van der Waals surface area contributed by atoms with Gasteiger partial charge in [-0.15, -0.1) is 5.10 Å². The summed E-state index contributed by atoms with van der Waals surface area (Å²) in [7, 11) is 0. The van der Waals surface area contributed by atoms with Crippen molar-refractivity contribution in [2.45, 2.75) is 18.6 Å². The van der Waals surface area contributed by atoms with E-state index in [4.69, 9.17) is 11.6 Å². The third-order valence-electron chi connectivity index (χ3n) is 3.57. The van der Waals surface area contributed by atoms with Crippen LogP contribution in [0.25, 0.3) is 0 Å². The van der Waals surface area contributed by atoms with Gasteiger partial charge in [-0.2, -0.15) is 5.10 Å². The van der Waals surface area contributed by atoms with Crippen LogP contribution >= 0.6 is 23.4 Å². The van der Waals surface area contributed by atoms with Crippen molar-refractivity contribution in [2.24, 2.45) is 10.2 Å². The molecule has 0 aromatic heterocycles. The fourth-order valence-corrected chi connectivity index (χ4v) is 3.40. The normalized spacial score (nSPS) is 19.2. The van der Waals surface area contributed by atoms with Crippen molar-refractivity contribution >= 4 is 40.7 Å². The van der Waals surface area contributed by atoms with Crippen LogP contribution in [-0.2, 0) is 11.2 Å². The molecule has 0 spiro atoms. The van der Waals surface area contributed by atoms with Gasteiger partial charge in [-0.05, 0) is 25.0 Å². The van der Waals surface area contributed by atoms with Crippen LogP contribution in [-0.4, -0.2) is 22.5 Å². The van der Waals surface area contributed by atoms with Gasteiger partial charge in [-0.25, -0.2) is 0 Å². The van der Waals surface area contributed by atoms with Gasteiger partial charge in [0.2, 0.25) is 5.91 Å². The number of carbonyl (C=O) groups excluding carboxylic acids is 1. The molecule has 1 aliphatic heterocycles. The number of hydrogen-bond donors (Lipinski definition) is 1. The monoisotopic (exact) mass is 357 g/mol. The second-order valence-electron chi connectivity index (χ2n) is 5.46. The van der Waals surface area contributed by atoms with E-state index >= 15 is 0 Å². The van der Waals surface area contributed by atoms with Crippen molar-refractivity contribution in [2.75, 3.05) is 0 Å². The van der Waals surface area contributed by atoms with E-state index in [9.17, 15) is 4.79 Å². The Hall–Kier alpha value is -2.11. The molecule has 24 heavy (non-hydrogen) atoms. The number of halogens is 1. The Labute approximate surface area is 150 Å². The Balaban J connectivity index is 1.63. The molecular weight excluding hydrogens is 342 g/mol. The molecule has 6 heteroatoms. The van der Waals surface area contributed by atoms with Gasteiger partial charge < -0.3 is 5.32 Å². The first kappa shape index (κ1) is 16.7. The number of amides is 1. The maximum absolute atomic E-state index is 12.1. The molecule has 0 unspecified atom stereocenters. The van der Waals surface area contributed by atoms with Gasteiger partial charge in [0.15, 0.2) is 5.17 Å². The number of nitrogens with one attached hydrogen (secondary N) is 1. The molecule has 1 heterocycles. The summed E-state index contributed by atoms with van der Waals surface area (Å²) in [6.07, 6.45) is 2.25. The van der Waals surface area contributed by atoms with Gasteiger partial charge in [-0.1, -0.05) is 71.4 Å². The lowest BCUT2D eigenvalue weighted by Gasteiger charge is -2.05. The lowest BCUT2D eigenvalue weighted by molar-refractivity contribution is -0.118. The van der Waals surface area contributed by atoms with E-state index in [1.165, 1.54) is 17.3 Å². The van der Waals surface area contributed by atoms with Crippen LogP contribution in [0.2, 0.25) is 5.02 Å². The number of thioether (sulfide) groups is 1. The first-order valence-electron chi connectivity index (χ1n) is 7.50. The summed E-state index contributed by atoms with van der Waals surface area (Å²) in [6, 6.07) is 15.6. The molecule has 0 bridgehead atoms. The van der Waals surface area contributed by atoms with Crippen LogP contribution in [0, 0.1) is 6.92 Å². The molecule has 1 aliphatic rings. The minimum Gasteiger partial charge on any atom is -0.303 e. The van der Waals surface area contributed by atoms with Crippen LogP contribution in [0.5, 0.6) is 0 Å². The first-order valence-corrected chi connectivity index (χ1v) is 8.76. The van der Waals surface area contributed by atoms with Gasteiger partial charge in [-0.3, -0.25) is 4.79 Å².